The summed E-state index contributed by atoms with van der Waals surface area (Å²) in [5, 5.41) is 10.1. The number of carbonyl (C=O) groups is 1. The lowest BCUT2D eigenvalue weighted by atomic mass is 9.74. The third-order valence-corrected chi connectivity index (χ3v) is 6.76. The number of benzene rings is 2. The first-order chi connectivity index (χ1) is 15.6. The molecule has 2 aliphatic rings. The van der Waals surface area contributed by atoms with E-state index in [2.05, 4.69) is 53.5 Å². The molecule has 2 aliphatic heterocycles. The number of carbonyl (C=O) groups excluding carboxylic acids is 1. The lowest BCUT2D eigenvalue weighted by Crippen LogP contribution is -2.68. The monoisotopic (exact) mass is 433 g/mol. The van der Waals surface area contributed by atoms with Crippen LogP contribution in [0.25, 0.3) is 12.2 Å². The minimum atomic E-state index is 0.134. The van der Waals surface area contributed by atoms with Crippen molar-refractivity contribution in [2.75, 3.05) is 46.9 Å². The summed E-state index contributed by atoms with van der Waals surface area (Å²) < 4.78 is 0. The number of aliphatic hydroxyl groups is 1. The number of likely N-dealkylation sites (N-methyl/N-ethyl adjacent to an activating group) is 1. The lowest BCUT2D eigenvalue weighted by molar-refractivity contribution is -0.137. The number of hydrogen-bond donors (Lipinski definition) is 1. The second kappa shape index (κ2) is 10.4. The number of nitrogens with zero attached hydrogens (tertiary/aromatic N) is 3. The van der Waals surface area contributed by atoms with Gasteiger partial charge in [0.05, 0.1) is 13.2 Å². The molecule has 0 radical (unpaired) electrons. The summed E-state index contributed by atoms with van der Waals surface area (Å²) in [6.45, 7) is 3.17. The van der Waals surface area contributed by atoms with Crippen LogP contribution in [-0.4, -0.2) is 84.7 Å². The zero-order valence-electron chi connectivity index (χ0n) is 19.2. The van der Waals surface area contributed by atoms with E-state index >= 15 is 0 Å². The van der Waals surface area contributed by atoms with Crippen LogP contribution >= 0.6 is 0 Å². The number of amides is 1. The molecule has 32 heavy (non-hydrogen) atoms. The summed E-state index contributed by atoms with van der Waals surface area (Å²) in [5.74, 6) is 0.448. The summed E-state index contributed by atoms with van der Waals surface area (Å²) in [5.41, 5.74) is 3.60. The van der Waals surface area contributed by atoms with E-state index in [9.17, 15) is 9.90 Å². The fraction of sp³-hybridized carbons (Fsp3) is 0.444. The van der Waals surface area contributed by atoms with E-state index < -0.39 is 0 Å². The van der Waals surface area contributed by atoms with Gasteiger partial charge in [-0.05, 0) is 50.2 Å². The van der Waals surface area contributed by atoms with Gasteiger partial charge >= 0.3 is 0 Å². The van der Waals surface area contributed by atoms with E-state index in [4.69, 9.17) is 0 Å². The second-order valence-corrected chi connectivity index (χ2v) is 9.28. The molecule has 2 aromatic rings. The van der Waals surface area contributed by atoms with Gasteiger partial charge in [0.15, 0.2) is 0 Å². The van der Waals surface area contributed by atoms with Crippen molar-refractivity contribution in [2.24, 2.45) is 0 Å². The van der Waals surface area contributed by atoms with Crippen molar-refractivity contribution in [3.05, 3.63) is 71.3 Å². The van der Waals surface area contributed by atoms with E-state index in [-0.39, 0.29) is 30.5 Å². The minimum Gasteiger partial charge on any atom is -0.395 e. The topological polar surface area (TPSA) is 47.0 Å². The summed E-state index contributed by atoms with van der Waals surface area (Å²) >= 11 is 0. The fourth-order valence-electron chi connectivity index (χ4n) is 5.12. The van der Waals surface area contributed by atoms with Gasteiger partial charge in [0.1, 0.15) is 0 Å². The molecule has 2 aromatic carbocycles. The molecule has 0 unspecified atom stereocenters. The average Bonchev–Trinajstić information content (AvgIpc) is 2.77. The quantitative estimate of drug-likeness (QED) is 0.711. The van der Waals surface area contributed by atoms with Crippen LogP contribution in [0.4, 0.5) is 0 Å². The summed E-state index contributed by atoms with van der Waals surface area (Å²) in [6, 6.07) is 19.4. The van der Waals surface area contributed by atoms with Crippen molar-refractivity contribution in [3.8, 4) is 0 Å². The third kappa shape index (κ3) is 5.12. The van der Waals surface area contributed by atoms with Crippen LogP contribution in [0.1, 0.15) is 35.4 Å². The van der Waals surface area contributed by atoms with E-state index in [1.165, 1.54) is 11.1 Å². The molecule has 1 amide bonds. The molecule has 2 fully saturated rings. The molecule has 0 spiro atoms. The van der Waals surface area contributed by atoms with Crippen LogP contribution in [-0.2, 0) is 4.79 Å². The average molecular weight is 434 g/mol. The molecule has 5 heteroatoms. The van der Waals surface area contributed by atoms with Crippen LogP contribution in [0.2, 0.25) is 0 Å². The molecule has 2 heterocycles. The van der Waals surface area contributed by atoms with E-state index in [1.54, 1.807) is 0 Å². The Balaban J connectivity index is 1.49. The van der Waals surface area contributed by atoms with Gasteiger partial charge in [-0.25, -0.2) is 0 Å². The standard InChI is InChI=1S/C27H35N3O2/c1-28(2)19-26(32)29-16-6-7-17-30-24(18-29)27(25(30)20-31)23-14-12-22(13-15-23)11-10-21-8-4-3-5-9-21/h3-5,8-15,24-25,27,31H,6-7,16-20H2,1-2H3/b11-10+/t24-,25-,27-/m0/s1. The highest BCUT2D eigenvalue weighted by atomic mass is 16.3. The lowest BCUT2D eigenvalue weighted by Gasteiger charge is -2.57. The van der Waals surface area contributed by atoms with Gasteiger partial charge in [-0.2, -0.15) is 0 Å². The Morgan fingerprint density at radius 2 is 1.66 bits per heavy atom. The van der Waals surface area contributed by atoms with Crippen molar-refractivity contribution in [1.82, 2.24) is 14.7 Å². The van der Waals surface area contributed by atoms with Crippen LogP contribution in [0.15, 0.2) is 54.6 Å². The molecule has 0 saturated carbocycles. The Kier molecular flexibility index (Phi) is 7.40. The molecular weight excluding hydrogens is 398 g/mol. The maximum atomic E-state index is 12.8. The Morgan fingerprint density at radius 1 is 1.00 bits per heavy atom. The number of aliphatic hydroxyl groups excluding tert-OH is 1. The van der Waals surface area contributed by atoms with Crippen LogP contribution in [0.5, 0.6) is 0 Å². The maximum Gasteiger partial charge on any atom is 0.236 e. The highest BCUT2D eigenvalue weighted by molar-refractivity contribution is 5.78. The van der Waals surface area contributed by atoms with Crippen LogP contribution in [0, 0.1) is 0 Å². The van der Waals surface area contributed by atoms with Crippen molar-refractivity contribution in [1.29, 1.82) is 0 Å². The predicted octanol–water partition coefficient (Wildman–Crippen LogP) is 3.17. The summed E-state index contributed by atoms with van der Waals surface area (Å²) in [6.07, 6.45) is 6.34. The first kappa shape index (κ1) is 22.7. The highest BCUT2D eigenvalue weighted by Crippen LogP contribution is 2.42. The minimum absolute atomic E-state index is 0.134. The van der Waals surface area contributed by atoms with Crippen LogP contribution < -0.4 is 0 Å². The molecule has 2 saturated heterocycles. The molecule has 5 nitrogen and oxygen atoms in total. The van der Waals surface area contributed by atoms with Crippen LogP contribution in [0.3, 0.4) is 0 Å². The van der Waals surface area contributed by atoms with Crippen molar-refractivity contribution < 1.29 is 9.90 Å². The summed E-state index contributed by atoms with van der Waals surface area (Å²) in [7, 11) is 3.88. The van der Waals surface area contributed by atoms with E-state index in [0.717, 1.165) is 38.0 Å². The molecule has 3 atom stereocenters. The van der Waals surface area contributed by atoms with Gasteiger partial charge in [0, 0.05) is 31.1 Å². The molecule has 0 bridgehead atoms. The number of fused-ring (bicyclic) bond motifs is 1. The second-order valence-electron chi connectivity index (χ2n) is 9.28. The summed E-state index contributed by atoms with van der Waals surface area (Å²) in [4.78, 5) is 19.2. The van der Waals surface area contributed by atoms with Crippen molar-refractivity contribution in [2.45, 2.75) is 30.8 Å². The van der Waals surface area contributed by atoms with Crippen molar-refractivity contribution in [3.63, 3.8) is 0 Å². The molecule has 4 rings (SSSR count). The molecule has 170 valence electrons. The SMILES string of the molecule is CN(C)CC(=O)N1CCCCN2[C@@H](CO)[C@@H](c3ccc(/C=C/c4ccccc4)cc3)[C@@H]2C1. The molecule has 0 aromatic heterocycles. The molecule has 1 N–H and O–H groups in total. The van der Waals surface area contributed by atoms with Gasteiger partial charge in [-0.1, -0.05) is 66.7 Å². The van der Waals surface area contributed by atoms with Gasteiger partial charge in [-0.3, -0.25) is 9.69 Å². The van der Waals surface area contributed by atoms with E-state index in [1.807, 2.05) is 42.1 Å². The smallest absolute Gasteiger partial charge is 0.236 e. The first-order valence-electron chi connectivity index (χ1n) is 11.7. The largest absolute Gasteiger partial charge is 0.395 e. The Labute approximate surface area is 191 Å². The maximum absolute atomic E-state index is 12.8. The number of rotatable bonds is 6. The predicted molar refractivity (Wildman–Crippen MR) is 130 cm³/mol. The zero-order chi connectivity index (χ0) is 22.5. The van der Waals surface area contributed by atoms with Gasteiger partial charge in [0.25, 0.3) is 0 Å². The first-order valence-corrected chi connectivity index (χ1v) is 11.7. The zero-order valence-corrected chi connectivity index (χ0v) is 19.2. The normalized spacial score (nSPS) is 24.1. The number of hydrogen-bond acceptors (Lipinski definition) is 4. The van der Waals surface area contributed by atoms with Gasteiger partial charge < -0.3 is 14.9 Å². The van der Waals surface area contributed by atoms with Gasteiger partial charge in [0.2, 0.25) is 5.91 Å². The third-order valence-electron chi connectivity index (χ3n) is 6.76. The Hall–Kier alpha value is -2.47. The highest BCUT2D eigenvalue weighted by Gasteiger charge is 2.49. The Morgan fingerprint density at radius 3 is 2.31 bits per heavy atom. The van der Waals surface area contributed by atoms with Gasteiger partial charge in [-0.15, -0.1) is 0 Å². The Bertz CT molecular complexity index is 910. The molecular formula is C27H35N3O2. The fourth-order valence-corrected chi connectivity index (χ4v) is 5.12. The van der Waals surface area contributed by atoms with E-state index in [0.29, 0.717) is 6.54 Å². The van der Waals surface area contributed by atoms with Crippen molar-refractivity contribution >= 4 is 18.1 Å². The molecule has 0 aliphatic carbocycles.